The van der Waals surface area contributed by atoms with Crippen LogP contribution in [-0.2, 0) is 9.53 Å². The zero-order valence-electron chi connectivity index (χ0n) is 20.3. The smallest absolute Gasteiger partial charge is 0.334 e. The molecule has 2 aliphatic heterocycles. The maximum absolute atomic E-state index is 14.2. The highest BCUT2D eigenvalue weighted by Gasteiger charge is 2.43. The molecule has 1 aromatic rings. The Labute approximate surface area is 210 Å². The molecule has 1 unspecified atom stereocenters. The summed E-state index contributed by atoms with van der Waals surface area (Å²) in [5, 5.41) is 10.8. The molecule has 1 atom stereocenters. The molecule has 1 saturated carbocycles. The number of carbonyl (C=O) groups excluding carboxylic acids is 1. The van der Waals surface area contributed by atoms with Crippen molar-refractivity contribution in [3.8, 4) is 0 Å². The molecule has 0 saturated heterocycles. The van der Waals surface area contributed by atoms with Crippen LogP contribution in [-0.4, -0.2) is 44.9 Å². The number of aromatic nitrogens is 1. The number of hydrogen-bond acceptors (Lipinski definition) is 7. The maximum atomic E-state index is 14.2. The minimum Gasteiger partial charge on any atom is -0.458 e. The van der Waals surface area contributed by atoms with Gasteiger partial charge in [0.15, 0.2) is 6.04 Å². The van der Waals surface area contributed by atoms with Gasteiger partial charge in [0.2, 0.25) is 5.95 Å². The van der Waals surface area contributed by atoms with Crippen molar-refractivity contribution in [3.05, 3.63) is 64.2 Å². The number of nitrogens with zero attached hydrogens (tertiary/aromatic N) is 4. The quantitative estimate of drug-likeness (QED) is 0.461. The van der Waals surface area contributed by atoms with Gasteiger partial charge >= 0.3 is 5.97 Å². The fourth-order valence-corrected chi connectivity index (χ4v) is 5.56. The van der Waals surface area contributed by atoms with Gasteiger partial charge in [-0.1, -0.05) is 17.7 Å². The topological polar surface area (TPSA) is 70.1 Å². The van der Waals surface area contributed by atoms with Crippen molar-refractivity contribution in [2.24, 2.45) is 5.10 Å². The molecule has 7 nitrogen and oxygen atoms in total. The van der Waals surface area contributed by atoms with Crippen LogP contribution >= 0.6 is 11.6 Å². The van der Waals surface area contributed by atoms with E-state index in [4.69, 9.17) is 21.4 Å². The summed E-state index contributed by atoms with van der Waals surface area (Å²) < 4.78 is 20.0. The summed E-state index contributed by atoms with van der Waals surface area (Å²) in [7, 11) is 0. The first-order valence-corrected chi connectivity index (χ1v) is 12.6. The fraction of sp³-hybridized carbons (Fsp3) is 0.500. The number of ether oxygens (including phenoxy) is 1. The Morgan fingerprint density at radius 2 is 2.00 bits per heavy atom. The van der Waals surface area contributed by atoms with Crippen molar-refractivity contribution in [3.63, 3.8) is 0 Å². The number of hydrazone groups is 1. The molecule has 1 fully saturated rings. The number of pyridine rings is 1. The average Bonchev–Trinajstić information content (AvgIpc) is 3.14. The molecule has 9 heteroatoms. The zero-order valence-corrected chi connectivity index (χ0v) is 21.1. The average molecular weight is 500 g/mol. The first-order valence-electron chi connectivity index (χ1n) is 12.2. The molecule has 4 aliphatic rings. The molecule has 35 heavy (non-hydrogen) atoms. The van der Waals surface area contributed by atoms with E-state index >= 15 is 0 Å². The molecule has 5 rings (SSSR count). The van der Waals surface area contributed by atoms with Gasteiger partial charge in [-0.3, -0.25) is 4.90 Å². The summed E-state index contributed by atoms with van der Waals surface area (Å²) in [6.45, 7) is 5.62. The molecule has 0 amide bonds. The van der Waals surface area contributed by atoms with Gasteiger partial charge in [0.05, 0.1) is 6.04 Å². The number of rotatable bonds is 3. The van der Waals surface area contributed by atoms with Crippen molar-refractivity contribution in [1.82, 2.24) is 20.2 Å². The number of allylic oxidation sites excluding steroid dienone is 2. The molecule has 1 aromatic heterocycles. The lowest BCUT2D eigenvalue weighted by molar-refractivity contribution is -0.158. The van der Waals surface area contributed by atoms with Gasteiger partial charge in [-0.15, -0.1) is 0 Å². The standard InChI is InChI=1S/C26H31ClFN5O2/c1-26(2,3)35-25(34)23-20-11-8-17(27)13-21(20)30-14-22-32(23)15-31-33(22)18-9-6-16(7-10-18)19-5-4-12-29-24(19)28/h4-5,12-16,18,23,30H,6-11H2,1-3H3. The largest absolute Gasteiger partial charge is 0.458 e. The predicted octanol–water partition coefficient (Wildman–Crippen LogP) is 5.09. The van der Waals surface area contributed by atoms with E-state index in [9.17, 15) is 9.18 Å². The van der Waals surface area contributed by atoms with Crippen LogP contribution in [0.3, 0.4) is 0 Å². The molecule has 3 heterocycles. The van der Waals surface area contributed by atoms with Crippen LogP contribution < -0.4 is 5.32 Å². The zero-order chi connectivity index (χ0) is 24.7. The minimum atomic E-state index is -0.624. The van der Waals surface area contributed by atoms with E-state index in [0.29, 0.717) is 18.4 Å². The highest BCUT2D eigenvalue weighted by molar-refractivity contribution is 6.29. The first-order chi connectivity index (χ1) is 16.7. The third-order valence-electron chi connectivity index (χ3n) is 6.95. The molecule has 0 radical (unpaired) electrons. The Balaban J connectivity index is 1.38. The molecule has 186 valence electrons. The Hall–Kier alpha value is -2.87. The summed E-state index contributed by atoms with van der Waals surface area (Å²) >= 11 is 6.34. The predicted molar refractivity (Wildman–Crippen MR) is 132 cm³/mol. The van der Waals surface area contributed by atoms with Gasteiger partial charge in [-0.2, -0.15) is 9.49 Å². The van der Waals surface area contributed by atoms with Crippen molar-refractivity contribution in [2.75, 3.05) is 0 Å². The van der Waals surface area contributed by atoms with Crippen LogP contribution in [0.2, 0.25) is 0 Å². The lowest BCUT2D eigenvalue weighted by Gasteiger charge is -2.36. The SMILES string of the molecule is CC(C)(C)OC(=O)C1C2=C(C=C(Cl)CC2)NC=C2N1C=NN2C1CCC(c2cccnc2F)CC1. The lowest BCUT2D eigenvalue weighted by Crippen LogP contribution is -2.45. The second-order valence-electron chi connectivity index (χ2n) is 10.5. The van der Waals surface area contributed by atoms with Gasteiger partial charge in [-0.25, -0.2) is 14.8 Å². The van der Waals surface area contributed by atoms with E-state index < -0.39 is 11.6 Å². The third kappa shape index (κ3) is 4.81. The van der Waals surface area contributed by atoms with Gasteiger partial charge in [0.25, 0.3) is 0 Å². The van der Waals surface area contributed by atoms with Gasteiger partial charge in [0, 0.05) is 28.7 Å². The van der Waals surface area contributed by atoms with Crippen LogP contribution in [0.5, 0.6) is 0 Å². The van der Waals surface area contributed by atoms with E-state index in [0.717, 1.165) is 47.8 Å². The van der Waals surface area contributed by atoms with E-state index in [1.165, 1.54) is 6.20 Å². The molecular weight excluding hydrogens is 469 g/mol. The Kier molecular flexibility index (Phi) is 6.34. The molecule has 1 N–H and O–H groups in total. The van der Waals surface area contributed by atoms with Crippen LogP contribution in [0.15, 0.2) is 57.8 Å². The highest BCUT2D eigenvalue weighted by Crippen LogP contribution is 2.40. The van der Waals surface area contributed by atoms with Gasteiger partial charge in [-0.05, 0) is 82.9 Å². The monoisotopic (exact) mass is 499 g/mol. The highest BCUT2D eigenvalue weighted by atomic mass is 35.5. The van der Waals surface area contributed by atoms with E-state index in [1.807, 2.05) is 49.0 Å². The first kappa shape index (κ1) is 23.9. The number of halogens is 2. The summed E-state index contributed by atoms with van der Waals surface area (Å²) in [4.78, 5) is 19.2. The van der Waals surface area contributed by atoms with Gasteiger partial charge in [0.1, 0.15) is 17.8 Å². The number of nitrogens with one attached hydrogen (secondary N) is 1. The summed E-state index contributed by atoms with van der Waals surface area (Å²) in [5.74, 6) is 0.270. The third-order valence-corrected chi connectivity index (χ3v) is 7.24. The van der Waals surface area contributed by atoms with E-state index in [1.54, 1.807) is 12.4 Å². The molecule has 2 aliphatic carbocycles. The minimum absolute atomic E-state index is 0.147. The normalized spacial score (nSPS) is 26.4. The summed E-state index contributed by atoms with van der Waals surface area (Å²) in [5.41, 5.74) is 1.86. The van der Waals surface area contributed by atoms with Gasteiger partial charge < -0.3 is 10.1 Å². The van der Waals surface area contributed by atoms with Crippen LogP contribution in [0, 0.1) is 5.95 Å². The Bertz CT molecular complexity index is 1130. The summed E-state index contributed by atoms with van der Waals surface area (Å²) in [6, 6.07) is 3.15. The Morgan fingerprint density at radius 3 is 2.71 bits per heavy atom. The number of hydrogen-bond donors (Lipinski definition) is 1. The van der Waals surface area contributed by atoms with Crippen LogP contribution in [0.1, 0.15) is 70.8 Å². The van der Waals surface area contributed by atoms with Crippen molar-refractivity contribution >= 4 is 23.9 Å². The Morgan fingerprint density at radius 1 is 1.23 bits per heavy atom. The second-order valence-corrected chi connectivity index (χ2v) is 11.0. The molecule has 0 bridgehead atoms. The van der Waals surface area contributed by atoms with E-state index in [2.05, 4.69) is 10.3 Å². The molecular formula is C26H31ClFN5O2. The number of carbonyl (C=O) groups is 1. The van der Waals surface area contributed by atoms with Crippen molar-refractivity contribution in [2.45, 2.75) is 82.9 Å². The fourth-order valence-electron chi connectivity index (χ4n) is 5.36. The van der Waals surface area contributed by atoms with Crippen LogP contribution in [0.25, 0.3) is 0 Å². The molecule has 0 aromatic carbocycles. The lowest BCUT2D eigenvalue weighted by atomic mass is 9.82. The maximum Gasteiger partial charge on any atom is 0.334 e. The number of esters is 1. The van der Waals surface area contributed by atoms with Crippen LogP contribution in [0.4, 0.5) is 4.39 Å². The van der Waals surface area contributed by atoms with Crippen molar-refractivity contribution in [1.29, 1.82) is 0 Å². The molecule has 0 spiro atoms. The second kappa shape index (κ2) is 9.30. The summed E-state index contributed by atoms with van der Waals surface area (Å²) in [6.07, 6.45) is 11.8. The van der Waals surface area contributed by atoms with Crippen molar-refractivity contribution < 1.29 is 13.9 Å². The van der Waals surface area contributed by atoms with E-state index in [-0.39, 0.29) is 23.9 Å². The number of fused-ring (bicyclic) bond motifs is 1.